The van der Waals surface area contributed by atoms with Gasteiger partial charge in [0, 0.05) is 49.4 Å². The number of benzene rings is 1. The normalized spacial score (nSPS) is 14.4. The van der Waals surface area contributed by atoms with Crippen LogP contribution in [0.5, 0.6) is 5.75 Å². The van der Waals surface area contributed by atoms with Crippen molar-refractivity contribution in [2.75, 3.05) is 38.2 Å². The summed E-state index contributed by atoms with van der Waals surface area (Å²) in [6.45, 7) is 5.33. The van der Waals surface area contributed by atoms with Gasteiger partial charge in [-0.1, -0.05) is 23.7 Å². The topological polar surface area (TPSA) is 63.5 Å². The van der Waals surface area contributed by atoms with Gasteiger partial charge in [0.1, 0.15) is 10.9 Å². The Kier molecular flexibility index (Phi) is 6.58. The lowest BCUT2D eigenvalue weighted by Crippen LogP contribution is -2.48. The minimum absolute atomic E-state index is 0.0187. The molecule has 0 spiro atoms. The predicted octanol–water partition coefficient (Wildman–Crippen LogP) is 3.72. The molecule has 0 aliphatic carbocycles. The second-order valence-corrected chi connectivity index (χ2v) is 8.49. The molecule has 162 valence electrons. The molecule has 3 aromatic rings. The van der Waals surface area contributed by atoms with Crippen molar-refractivity contribution in [3.8, 4) is 5.75 Å². The van der Waals surface area contributed by atoms with E-state index in [9.17, 15) is 4.79 Å². The number of carbonyl (C=O) groups excluding carboxylic acids is 1. The van der Waals surface area contributed by atoms with Crippen molar-refractivity contribution in [2.24, 2.45) is 0 Å². The Labute approximate surface area is 190 Å². The summed E-state index contributed by atoms with van der Waals surface area (Å²) in [7, 11) is 1.64. The highest BCUT2D eigenvalue weighted by Gasteiger charge is 2.21. The molecule has 1 saturated heterocycles. The van der Waals surface area contributed by atoms with Crippen LogP contribution in [0.3, 0.4) is 0 Å². The standard InChI is InChI=1S/C22H24ClN5O2S/c1-16-19(21(23)28(25-16)15-17-4-3-5-18(14-17)30-2)6-7-20(29)26-9-11-27(12-10-26)22-24-8-13-31-22/h3-8,13-14H,9-12,15H2,1-2H3. The van der Waals surface area contributed by atoms with Crippen LogP contribution in [0.2, 0.25) is 5.15 Å². The molecule has 7 nitrogen and oxygen atoms in total. The van der Waals surface area contributed by atoms with Crippen LogP contribution in [-0.4, -0.2) is 58.9 Å². The van der Waals surface area contributed by atoms with Crippen molar-refractivity contribution in [1.82, 2.24) is 19.7 Å². The molecule has 0 unspecified atom stereocenters. The van der Waals surface area contributed by atoms with Crippen molar-refractivity contribution in [3.05, 3.63) is 63.9 Å². The third kappa shape index (κ3) is 4.91. The van der Waals surface area contributed by atoms with Crippen LogP contribution >= 0.6 is 22.9 Å². The molecule has 31 heavy (non-hydrogen) atoms. The zero-order valence-corrected chi connectivity index (χ0v) is 19.1. The summed E-state index contributed by atoms with van der Waals surface area (Å²) in [5, 5.41) is 8.03. The third-order valence-corrected chi connectivity index (χ3v) is 6.48. The highest BCUT2D eigenvalue weighted by Crippen LogP contribution is 2.24. The van der Waals surface area contributed by atoms with E-state index in [1.807, 2.05) is 41.5 Å². The average molecular weight is 458 g/mol. The Morgan fingerprint density at radius 1 is 1.29 bits per heavy atom. The lowest BCUT2D eigenvalue weighted by molar-refractivity contribution is -0.126. The molecule has 3 heterocycles. The molecular weight excluding hydrogens is 434 g/mol. The molecule has 9 heteroatoms. The van der Waals surface area contributed by atoms with Crippen LogP contribution in [0.15, 0.2) is 41.9 Å². The van der Waals surface area contributed by atoms with E-state index in [2.05, 4.69) is 15.0 Å². The highest BCUT2D eigenvalue weighted by molar-refractivity contribution is 7.13. The van der Waals surface area contributed by atoms with Crippen LogP contribution in [0.1, 0.15) is 16.8 Å². The van der Waals surface area contributed by atoms with Gasteiger partial charge in [-0.05, 0) is 30.7 Å². The summed E-state index contributed by atoms with van der Waals surface area (Å²) < 4.78 is 7.02. The summed E-state index contributed by atoms with van der Waals surface area (Å²) in [6.07, 6.45) is 5.16. The number of carbonyl (C=O) groups is 1. The van der Waals surface area contributed by atoms with Crippen molar-refractivity contribution in [2.45, 2.75) is 13.5 Å². The zero-order chi connectivity index (χ0) is 21.8. The van der Waals surface area contributed by atoms with Crippen LogP contribution in [-0.2, 0) is 11.3 Å². The number of aromatic nitrogens is 3. The molecule has 0 bridgehead atoms. The summed E-state index contributed by atoms with van der Waals surface area (Å²) >= 11 is 8.20. The van der Waals surface area contributed by atoms with Crippen LogP contribution in [0.25, 0.3) is 6.08 Å². The Balaban J connectivity index is 1.40. The summed E-state index contributed by atoms with van der Waals surface area (Å²) in [5.41, 5.74) is 2.58. The lowest BCUT2D eigenvalue weighted by Gasteiger charge is -2.34. The number of ether oxygens (including phenoxy) is 1. The molecule has 1 fully saturated rings. The first kappa shape index (κ1) is 21.4. The maximum Gasteiger partial charge on any atom is 0.246 e. The molecule has 0 atom stereocenters. The van der Waals surface area contributed by atoms with Crippen LogP contribution in [0, 0.1) is 6.92 Å². The summed E-state index contributed by atoms with van der Waals surface area (Å²) in [5.74, 6) is 0.771. The quantitative estimate of drug-likeness (QED) is 0.528. The number of amides is 1. The number of piperazine rings is 1. The second kappa shape index (κ2) is 9.53. The Hall–Kier alpha value is -2.84. The maximum atomic E-state index is 12.7. The van der Waals surface area contributed by atoms with Gasteiger partial charge in [0.2, 0.25) is 5.91 Å². The van der Waals surface area contributed by atoms with Crippen LogP contribution < -0.4 is 9.64 Å². The monoisotopic (exact) mass is 457 g/mol. The highest BCUT2D eigenvalue weighted by atomic mass is 35.5. The van der Waals surface area contributed by atoms with E-state index in [4.69, 9.17) is 16.3 Å². The Morgan fingerprint density at radius 3 is 2.81 bits per heavy atom. The maximum absolute atomic E-state index is 12.7. The Bertz CT molecular complexity index is 1070. The second-order valence-electron chi connectivity index (χ2n) is 7.26. The molecular formula is C22H24ClN5O2S. The van der Waals surface area contributed by atoms with Gasteiger partial charge >= 0.3 is 0 Å². The third-order valence-electron chi connectivity index (χ3n) is 5.25. The van der Waals surface area contributed by atoms with Crippen molar-refractivity contribution in [1.29, 1.82) is 0 Å². The number of methoxy groups -OCH3 is 1. The van der Waals surface area contributed by atoms with Gasteiger partial charge < -0.3 is 14.5 Å². The van der Waals surface area contributed by atoms with Gasteiger partial charge in [0.25, 0.3) is 0 Å². The number of thiazole rings is 1. The van der Waals surface area contributed by atoms with Gasteiger partial charge in [-0.3, -0.25) is 4.79 Å². The SMILES string of the molecule is COc1cccc(Cn2nc(C)c(C=CC(=O)N3CCN(c4nccs4)CC3)c2Cl)c1. The lowest BCUT2D eigenvalue weighted by atomic mass is 10.2. The van der Waals surface area contributed by atoms with E-state index >= 15 is 0 Å². The molecule has 0 N–H and O–H groups in total. The first-order valence-electron chi connectivity index (χ1n) is 10.0. The molecule has 4 rings (SSSR count). The first-order chi connectivity index (χ1) is 15.0. The molecule has 1 aromatic carbocycles. The largest absolute Gasteiger partial charge is 0.497 e. The Morgan fingerprint density at radius 2 is 2.10 bits per heavy atom. The van der Waals surface area contributed by atoms with Crippen LogP contribution in [0.4, 0.5) is 5.13 Å². The summed E-state index contributed by atoms with van der Waals surface area (Å²) in [6, 6.07) is 7.79. The summed E-state index contributed by atoms with van der Waals surface area (Å²) in [4.78, 5) is 21.1. The van der Waals surface area contributed by atoms with Gasteiger partial charge in [-0.15, -0.1) is 11.3 Å². The number of halogens is 1. The minimum atomic E-state index is -0.0187. The van der Waals surface area contributed by atoms with E-state index < -0.39 is 0 Å². The van der Waals surface area contributed by atoms with Crippen molar-refractivity contribution < 1.29 is 9.53 Å². The van der Waals surface area contributed by atoms with E-state index in [0.29, 0.717) is 24.8 Å². The molecule has 0 saturated carbocycles. The van der Waals surface area contributed by atoms with Crippen molar-refractivity contribution in [3.63, 3.8) is 0 Å². The number of anilines is 1. The van der Waals surface area contributed by atoms with E-state index in [1.54, 1.807) is 41.5 Å². The van der Waals surface area contributed by atoms with E-state index in [1.165, 1.54) is 0 Å². The van der Waals surface area contributed by atoms with Gasteiger partial charge in [0.05, 0.1) is 19.3 Å². The van der Waals surface area contributed by atoms with E-state index in [-0.39, 0.29) is 5.91 Å². The average Bonchev–Trinajstić information content (AvgIpc) is 3.41. The number of aryl methyl sites for hydroxylation is 1. The molecule has 1 amide bonds. The van der Waals surface area contributed by atoms with Gasteiger partial charge in [-0.25, -0.2) is 9.67 Å². The molecule has 1 aliphatic heterocycles. The van der Waals surface area contributed by atoms with Gasteiger partial charge in [0.15, 0.2) is 5.13 Å². The zero-order valence-electron chi connectivity index (χ0n) is 17.5. The van der Waals surface area contributed by atoms with Gasteiger partial charge in [-0.2, -0.15) is 5.10 Å². The minimum Gasteiger partial charge on any atom is -0.497 e. The fourth-order valence-electron chi connectivity index (χ4n) is 3.56. The molecule has 0 radical (unpaired) electrons. The van der Waals surface area contributed by atoms with Crippen molar-refractivity contribution >= 4 is 40.1 Å². The number of nitrogens with zero attached hydrogens (tertiary/aromatic N) is 5. The number of hydrogen-bond acceptors (Lipinski definition) is 6. The molecule has 1 aliphatic rings. The number of hydrogen-bond donors (Lipinski definition) is 0. The first-order valence-corrected chi connectivity index (χ1v) is 11.3. The fourth-order valence-corrected chi connectivity index (χ4v) is 4.55. The smallest absolute Gasteiger partial charge is 0.246 e. The fraction of sp³-hybridized carbons (Fsp3) is 0.318. The number of rotatable bonds is 6. The molecule has 2 aromatic heterocycles. The van der Waals surface area contributed by atoms with E-state index in [0.717, 1.165) is 40.8 Å². The predicted molar refractivity (Wildman–Crippen MR) is 124 cm³/mol.